The van der Waals surface area contributed by atoms with Gasteiger partial charge in [0.2, 0.25) is 0 Å². The molecule has 0 heterocycles. The Kier molecular flexibility index (Phi) is 5.23. The number of allylic oxidation sites excluding steroid dienone is 1. The summed E-state index contributed by atoms with van der Waals surface area (Å²) in [5.41, 5.74) is 2.74. The summed E-state index contributed by atoms with van der Waals surface area (Å²) in [4.78, 5) is 12.2. The van der Waals surface area contributed by atoms with Crippen molar-refractivity contribution in [1.82, 2.24) is 0 Å². The first-order valence-electron chi connectivity index (χ1n) is 8.04. The number of benzene rings is 3. The van der Waals surface area contributed by atoms with Gasteiger partial charge in [0.25, 0.3) is 0 Å². The monoisotopic (exact) mass is 350 g/mol. The number of carbonyl (C=O) groups excluding carboxylic acids is 1. The van der Waals surface area contributed by atoms with E-state index < -0.39 is 17.6 Å². The predicted octanol–water partition coefficient (Wildman–Crippen LogP) is 5.58. The summed E-state index contributed by atoms with van der Waals surface area (Å²) in [7, 11) is 0. The van der Waals surface area contributed by atoms with E-state index in [0.29, 0.717) is 22.4 Å². The standard InChI is InChI=1S/C22H16F2O2/c1-2-3-15-4-6-17(7-5-15)22(25)26-19-11-8-16(9-12-19)18-10-13-20(23)21(24)14-18/h2,4-14H,1,3H2. The minimum Gasteiger partial charge on any atom is -0.423 e. The fourth-order valence-corrected chi connectivity index (χ4v) is 2.50. The first-order valence-corrected chi connectivity index (χ1v) is 8.04. The van der Waals surface area contributed by atoms with Gasteiger partial charge in [-0.3, -0.25) is 0 Å². The Morgan fingerprint density at radius 2 is 1.54 bits per heavy atom. The van der Waals surface area contributed by atoms with E-state index in [4.69, 9.17) is 4.74 Å². The first-order chi connectivity index (χ1) is 12.6. The zero-order chi connectivity index (χ0) is 18.5. The van der Waals surface area contributed by atoms with Crippen LogP contribution in [-0.4, -0.2) is 5.97 Å². The predicted molar refractivity (Wildman–Crippen MR) is 97.1 cm³/mol. The van der Waals surface area contributed by atoms with Gasteiger partial charge >= 0.3 is 5.97 Å². The van der Waals surface area contributed by atoms with Crippen LogP contribution >= 0.6 is 0 Å². The van der Waals surface area contributed by atoms with Gasteiger partial charge in [0.15, 0.2) is 11.6 Å². The van der Waals surface area contributed by atoms with Crippen LogP contribution in [0.4, 0.5) is 8.78 Å². The topological polar surface area (TPSA) is 26.3 Å². The van der Waals surface area contributed by atoms with Gasteiger partial charge in [-0.1, -0.05) is 36.4 Å². The van der Waals surface area contributed by atoms with E-state index in [-0.39, 0.29) is 0 Å². The number of hydrogen-bond donors (Lipinski definition) is 0. The third-order valence-electron chi connectivity index (χ3n) is 3.89. The highest BCUT2D eigenvalue weighted by Gasteiger charge is 2.09. The largest absolute Gasteiger partial charge is 0.423 e. The normalized spacial score (nSPS) is 10.4. The molecule has 3 aromatic carbocycles. The highest BCUT2D eigenvalue weighted by molar-refractivity contribution is 5.91. The van der Waals surface area contributed by atoms with E-state index in [1.165, 1.54) is 6.07 Å². The molecule has 26 heavy (non-hydrogen) atoms. The molecule has 0 radical (unpaired) electrons. The average Bonchev–Trinajstić information content (AvgIpc) is 2.65. The molecule has 0 fully saturated rings. The van der Waals surface area contributed by atoms with E-state index in [2.05, 4.69) is 6.58 Å². The van der Waals surface area contributed by atoms with Crippen LogP contribution < -0.4 is 4.74 Å². The van der Waals surface area contributed by atoms with Crippen molar-refractivity contribution in [1.29, 1.82) is 0 Å². The Morgan fingerprint density at radius 1 is 0.885 bits per heavy atom. The Morgan fingerprint density at radius 3 is 2.15 bits per heavy atom. The molecule has 0 bridgehead atoms. The SMILES string of the molecule is C=CCc1ccc(C(=O)Oc2ccc(-c3ccc(F)c(F)c3)cc2)cc1. The molecule has 0 unspecified atom stereocenters. The number of ether oxygens (including phenoxy) is 1. The minimum absolute atomic E-state index is 0.372. The second-order valence-electron chi connectivity index (χ2n) is 5.73. The van der Waals surface area contributed by atoms with Crippen molar-refractivity contribution in [2.75, 3.05) is 0 Å². The number of halogens is 2. The molecule has 4 heteroatoms. The molecule has 3 aromatic rings. The maximum Gasteiger partial charge on any atom is 0.343 e. The number of rotatable bonds is 5. The summed E-state index contributed by atoms with van der Waals surface area (Å²) in [6.45, 7) is 3.68. The highest BCUT2D eigenvalue weighted by atomic mass is 19.2. The lowest BCUT2D eigenvalue weighted by atomic mass is 10.1. The van der Waals surface area contributed by atoms with Crippen molar-refractivity contribution in [3.05, 3.63) is 102 Å². The molecule has 0 saturated carbocycles. The zero-order valence-corrected chi connectivity index (χ0v) is 13.9. The van der Waals surface area contributed by atoms with Gasteiger partial charge in [-0.15, -0.1) is 6.58 Å². The molecule has 0 spiro atoms. The number of esters is 1. The Balaban J connectivity index is 1.71. The lowest BCUT2D eigenvalue weighted by Crippen LogP contribution is -2.08. The quantitative estimate of drug-likeness (QED) is 0.341. The molecule has 0 atom stereocenters. The molecule has 2 nitrogen and oxygen atoms in total. The van der Waals surface area contributed by atoms with Crippen LogP contribution in [0.2, 0.25) is 0 Å². The van der Waals surface area contributed by atoms with Gasteiger partial charge in [-0.2, -0.15) is 0 Å². The van der Waals surface area contributed by atoms with Gasteiger partial charge in [0.1, 0.15) is 5.75 Å². The molecule has 0 aliphatic rings. The molecule has 130 valence electrons. The molecule has 0 saturated heterocycles. The van der Waals surface area contributed by atoms with Crippen molar-refractivity contribution in [2.24, 2.45) is 0 Å². The second-order valence-corrected chi connectivity index (χ2v) is 5.73. The summed E-state index contributed by atoms with van der Waals surface area (Å²) in [5.74, 6) is -1.89. The molecule has 0 aliphatic carbocycles. The fraction of sp³-hybridized carbons (Fsp3) is 0.0455. The Bertz CT molecular complexity index is 929. The van der Waals surface area contributed by atoms with E-state index in [1.807, 2.05) is 12.1 Å². The van der Waals surface area contributed by atoms with E-state index >= 15 is 0 Å². The van der Waals surface area contributed by atoms with Crippen molar-refractivity contribution < 1.29 is 18.3 Å². The first kappa shape index (κ1) is 17.5. The lowest BCUT2D eigenvalue weighted by molar-refractivity contribution is 0.0735. The Labute approximate surface area is 150 Å². The second kappa shape index (κ2) is 7.74. The van der Waals surface area contributed by atoms with Gasteiger partial charge in [-0.05, 0) is 59.5 Å². The lowest BCUT2D eigenvalue weighted by Gasteiger charge is -2.07. The maximum atomic E-state index is 13.3. The van der Waals surface area contributed by atoms with Gasteiger partial charge < -0.3 is 4.74 Å². The third kappa shape index (κ3) is 4.03. The van der Waals surface area contributed by atoms with Gasteiger partial charge in [0.05, 0.1) is 5.56 Å². The van der Waals surface area contributed by atoms with E-state index in [1.54, 1.807) is 42.5 Å². The van der Waals surface area contributed by atoms with Crippen LogP contribution in [-0.2, 0) is 6.42 Å². The van der Waals surface area contributed by atoms with Crippen molar-refractivity contribution >= 4 is 5.97 Å². The van der Waals surface area contributed by atoms with E-state index in [9.17, 15) is 13.6 Å². The molecule has 3 rings (SSSR count). The number of carbonyl (C=O) groups is 1. The molecule has 0 N–H and O–H groups in total. The van der Waals surface area contributed by atoms with Crippen LogP contribution in [0.15, 0.2) is 79.4 Å². The summed E-state index contributed by atoms with van der Waals surface area (Å²) in [6, 6.07) is 17.4. The molecular weight excluding hydrogens is 334 g/mol. The van der Waals surface area contributed by atoms with Crippen LogP contribution in [0.25, 0.3) is 11.1 Å². The molecular formula is C22H16F2O2. The zero-order valence-electron chi connectivity index (χ0n) is 13.9. The third-order valence-corrected chi connectivity index (χ3v) is 3.89. The molecule has 0 amide bonds. The smallest absolute Gasteiger partial charge is 0.343 e. The van der Waals surface area contributed by atoms with Crippen molar-refractivity contribution in [2.45, 2.75) is 6.42 Å². The van der Waals surface area contributed by atoms with Gasteiger partial charge in [0, 0.05) is 0 Å². The summed E-state index contributed by atoms with van der Waals surface area (Å²) in [5, 5.41) is 0. The maximum absolute atomic E-state index is 13.3. The van der Waals surface area contributed by atoms with Crippen LogP contribution in [0.3, 0.4) is 0 Å². The van der Waals surface area contributed by atoms with Crippen LogP contribution in [0.1, 0.15) is 15.9 Å². The van der Waals surface area contributed by atoms with Crippen LogP contribution in [0, 0.1) is 11.6 Å². The van der Waals surface area contributed by atoms with Crippen molar-refractivity contribution in [3.8, 4) is 16.9 Å². The van der Waals surface area contributed by atoms with Gasteiger partial charge in [-0.25, -0.2) is 13.6 Å². The van der Waals surface area contributed by atoms with Crippen molar-refractivity contribution in [3.63, 3.8) is 0 Å². The molecule has 0 aromatic heterocycles. The summed E-state index contributed by atoms with van der Waals surface area (Å²) >= 11 is 0. The Hall–Kier alpha value is -3.27. The minimum atomic E-state index is -0.905. The summed E-state index contributed by atoms with van der Waals surface area (Å²) < 4.78 is 31.7. The van der Waals surface area contributed by atoms with E-state index in [0.717, 1.165) is 24.1 Å². The fourth-order valence-electron chi connectivity index (χ4n) is 2.50. The number of hydrogen-bond acceptors (Lipinski definition) is 2. The summed E-state index contributed by atoms with van der Waals surface area (Å²) in [6.07, 6.45) is 2.53. The average molecular weight is 350 g/mol. The highest BCUT2D eigenvalue weighted by Crippen LogP contribution is 2.24. The molecule has 0 aliphatic heterocycles. The van der Waals surface area contributed by atoms with Crippen LogP contribution in [0.5, 0.6) is 5.75 Å².